The zero-order valence-electron chi connectivity index (χ0n) is 19.7. The lowest BCUT2D eigenvalue weighted by molar-refractivity contribution is -0.137. The molecule has 2 aliphatic heterocycles. The molecule has 0 spiro atoms. The maximum absolute atomic E-state index is 14.0. The number of amides is 2. The van der Waals surface area contributed by atoms with Crippen LogP contribution in [0.4, 0.5) is 27.8 Å². The Labute approximate surface area is 212 Å². The Hall–Kier alpha value is -2.91. The van der Waals surface area contributed by atoms with Gasteiger partial charge in [0.1, 0.15) is 11.5 Å². The van der Waals surface area contributed by atoms with E-state index in [2.05, 4.69) is 20.6 Å². The number of aliphatic hydroxyl groups excluding tert-OH is 1. The summed E-state index contributed by atoms with van der Waals surface area (Å²) in [5, 5.41) is 14.7. The van der Waals surface area contributed by atoms with Gasteiger partial charge in [-0.2, -0.15) is 13.2 Å². The molecule has 2 aromatic rings. The number of hydrogen-bond acceptors (Lipinski definition) is 8. The van der Waals surface area contributed by atoms with E-state index in [0.29, 0.717) is 17.9 Å². The number of likely N-dealkylation sites (tertiary alicyclic amines) is 1. The van der Waals surface area contributed by atoms with E-state index in [-0.39, 0.29) is 28.9 Å². The SMILES string of the molecule is CCNc1cc(C(F)(F)F)c(-c2sc(C(=O)N[C@@H]3COC[C@@H]3O)nc2C(=O)N2CC(F)(F)C[C@@H]2C)cn1. The average Bonchev–Trinajstić information content (AvgIpc) is 3.50. The molecule has 2 saturated heterocycles. The molecule has 0 aliphatic carbocycles. The van der Waals surface area contributed by atoms with Gasteiger partial charge in [-0.05, 0) is 19.9 Å². The number of aromatic nitrogens is 2. The van der Waals surface area contributed by atoms with Gasteiger partial charge in [-0.1, -0.05) is 0 Å². The van der Waals surface area contributed by atoms with Gasteiger partial charge in [-0.25, -0.2) is 18.7 Å². The molecule has 0 aromatic carbocycles. The fourth-order valence-electron chi connectivity index (χ4n) is 4.22. The predicted octanol–water partition coefficient (Wildman–Crippen LogP) is 3.01. The van der Waals surface area contributed by atoms with E-state index < -0.39 is 71.9 Å². The van der Waals surface area contributed by atoms with Crippen LogP contribution in [0.15, 0.2) is 12.3 Å². The molecule has 4 rings (SSSR count). The second-order valence-corrected chi connectivity index (χ2v) is 9.87. The Balaban J connectivity index is 1.80. The summed E-state index contributed by atoms with van der Waals surface area (Å²) < 4.78 is 75.2. The van der Waals surface area contributed by atoms with E-state index >= 15 is 0 Å². The van der Waals surface area contributed by atoms with Crippen molar-refractivity contribution in [3.8, 4) is 10.4 Å². The summed E-state index contributed by atoms with van der Waals surface area (Å²) in [5.41, 5.74) is -2.22. The lowest BCUT2D eigenvalue weighted by atomic mass is 10.1. The van der Waals surface area contributed by atoms with Gasteiger partial charge >= 0.3 is 6.18 Å². The number of carbonyl (C=O) groups excluding carboxylic acids is 2. The van der Waals surface area contributed by atoms with Crippen LogP contribution in [-0.4, -0.2) is 82.2 Å². The minimum atomic E-state index is -4.87. The van der Waals surface area contributed by atoms with Gasteiger partial charge in [0.2, 0.25) is 0 Å². The fraction of sp³-hybridized carbons (Fsp3) is 0.545. The van der Waals surface area contributed by atoms with E-state index in [0.717, 1.165) is 17.2 Å². The number of nitrogens with one attached hydrogen (secondary N) is 2. The van der Waals surface area contributed by atoms with Crippen LogP contribution in [0, 0.1) is 0 Å². The highest BCUT2D eigenvalue weighted by Crippen LogP contribution is 2.42. The number of alkyl halides is 5. The molecule has 2 aromatic heterocycles. The van der Waals surface area contributed by atoms with Crippen molar-refractivity contribution in [3.63, 3.8) is 0 Å². The number of ether oxygens (including phenoxy) is 1. The highest BCUT2D eigenvalue weighted by molar-refractivity contribution is 7.17. The maximum Gasteiger partial charge on any atom is 0.417 e. The van der Waals surface area contributed by atoms with Crippen molar-refractivity contribution in [2.45, 2.75) is 50.6 Å². The quantitative estimate of drug-likeness (QED) is 0.475. The summed E-state index contributed by atoms with van der Waals surface area (Å²) in [4.78, 5) is 34.7. The van der Waals surface area contributed by atoms with Crippen LogP contribution in [0.5, 0.6) is 0 Å². The largest absolute Gasteiger partial charge is 0.417 e. The second kappa shape index (κ2) is 10.1. The number of anilines is 1. The van der Waals surface area contributed by atoms with Gasteiger partial charge in [0.05, 0.1) is 42.3 Å². The first-order valence-electron chi connectivity index (χ1n) is 11.4. The highest BCUT2D eigenvalue weighted by atomic mass is 32.1. The molecule has 2 amide bonds. The van der Waals surface area contributed by atoms with Crippen LogP contribution >= 0.6 is 11.3 Å². The van der Waals surface area contributed by atoms with Crippen molar-refractivity contribution < 1.29 is 41.4 Å². The van der Waals surface area contributed by atoms with Gasteiger partial charge in [-0.15, -0.1) is 11.3 Å². The molecule has 202 valence electrons. The van der Waals surface area contributed by atoms with E-state index in [1.807, 2.05) is 0 Å². The van der Waals surface area contributed by atoms with Crippen molar-refractivity contribution >= 4 is 29.0 Å². The van der Waals surface area contributed by atoms with Gasteiger partial charge in [0.25, 0.3) is 17.7 Å². The Morgan fingerprint density at radius 1 is 1.32 bits per heavy atom. The molecule has 15 heteroatoms. The van der Waals surface area contributed by atoms with Crippen molar-refractivity contribution in [3.05, 3.63) is 28.5 Å². The maximum atomic E-state index is 14.0. The van der Waals surface area contributed by atoms with Gasteiger partial charge < -0.3 is 25.4 Å². The summed E-state index contributed by atoms with van der Waals surface area (Å²) in [6, 6.07) is -0.926. The molecule has 0 radical (unpaired) electrons. The van der Waals surface area contributed by atoms with Crippen molar-refractivity contribution in [1.29, 1.82) is 0 Å². The van der Waals surface area contributed by atoms with Crippen LogP contribution < -0.4 is 10.6 Å². The molecule has 3 N–H and O–H groups in total. The minimum absolute atomic E-state index is 0.00529. The van der Waals surface area contributed by atoms with Crippen LogP contribution in [0.1, 0.15) is 46.1 Å². The molecule has 37 heavy (non-hydrogen) atoms. The minimum Gasteiger partial charge on any atom is -0.388 e. The standard InChI is InChI=1S/C22H24F5N5O4S/c1-3-28-15-4-12(22(25,26)27)11(6-29-15)17-16(20(35)32-9-21(23,24)5-10(32)2)31-19(37-17)18(34)30-13-7-36-8-14(13)33/h4,6,10,13-14,33H,3,5,7-9H2,1-2H3,(H,28,29)(H,30,34)/t10-,13+,14-/m0/s1. The third-order valence-corrected chi connectivity index (χ3v) is 7.08. The molecule has 4 heterocycles. The van der Waals surface area contributed by atoms with E-state index in [1.54, 1.807) is 6.92 Å². The van der Waals surface area contributed by atoms with Gasteiger partial charge in [0.15, 0.2) is 5.01 Å². The van der Waals surface area contributed by atoms with Gasteiger partial charge in [0, 0.05) is 30.8 Å². The predicted molar refractivity (Wildman–Crippen MR) is 123 cm³/mol. The summed E-state index contributed by atoms with van der Waals surface area (Å²) in [6.07, 6.45) is -5.58. The number of rotatable bonds is 6. The number of aliphatic hydroxyl groups is 1. The summed E-state index contributed by atoms with van der Waals surface area (Å²) in [7, 11) is 0. The van der Waals surface area contributed by atoms with Crippen LogP contribution in [0.3, 0.4) is 0 Å². The monoisotopic (exact) mass is 549 g/mol. The Kier molecular flexibility index (Phi) is 7.41. The molecular weight excluding hydrogens is 525 g/mol. The number of halogens is 5. The van der Waals surface area contributed by atoms with Crippen molar-refractivity contribution in [2.24, 2.45) is 0 Å². The summed E-state index contributed by atoms with van der Waals surface area (Å²) in [6.45, 7) is 2.43. The number of carbonyl (C=O) groups is 2. The van der Waals surface area contributed by atoms with E-state index in [9.17, 15) is 36.6 Å². The topological polar surface area (TPSA) is 117 Å². The average molecular weight is 550 g/mol. The first-order chi connectivity index (χ1) is 17.3. The van der Waals surface area contributed by atoms with Crippen LogP contribution in [0.25, 0.3) is 10.4 Å². The molecule has 0 saturated carbocycles. The third-order valence-electron chi connectivity index (χ3n) is 5.99. The van der Waals surface area contributed by atoms with Crippen molar-refractivity contribution in [1.82, 2.24) is 20.2 Å². The smallest absolute Gasteiger partial charge is 0.388 e. The Morgan fingerprint density at radius 2 is 2.05 bits per heavy atom. The Morgan fingerprint density at radius 3 is 2.62 bits per heavy atom. The number of hydrogen-bond donors (Lipinski definition) is 3. The third kappa shape index (κ3) is 5.67. The fourth-order valence-corrected chi connectivity index (χ4v) is 5.21. The lowest BCUT2D eigenvalue weighted by Crippen LogP contribution is -2.42. The molecule has 0 bridgehead atoms. The van der Waals surface area contributed by atoms with E-state index in [4.69, 9.17) is 4.74 Å². The summed E-state index contributed by atoms with van der Waals surface area (Å²) >= 11 is 0.502. The lowest BCUT2D eigenvalue weighted by Gasteiger charge is -2.21. The molecule has 2 fully saturated rings. The van der Waals surface area contributed by atoms with Gasteiger partial charge in [-0.3, -0.25) is 9.59 Å². The van der Waals surface area contributed by atoms with Crippen LogP contribution in [0.2, 0.25) is 0 Å². The zero-order valence-corrected chi connectivity index (χ0v) is 20.6. The van der Waals surface area contributed by atoms with Crippen LogP contribution in [-0.2, 0) is 10.9 Å². The number of nitrogens with zero attached hydrogens (tertiary/aromatic N) is 3. The first kappa shape index (κ1) is 27.1. The molecule has 9 nitrogen and oxygen atoms in total. The molecule has 2 aliphatic rings. The first-order valence-corrected chi connectivity index (χ1v) is 12.2. The number of thiazole rings is 1. The zero-order chi connectivity index (χ0) is 27.1. The van der Waals surface area contributed by atoms with Crippen molar-refractivity contribution in [2.75, 3.05) is 31.6 Å². The highest BCUT2D eigenvalue weighted by Gasteiger charge is 2.46. The second-order valence-electron chi connectivity index (χ2n) is 8.87. The molecule has 3 atom stereocenters. The molecular formula is C22H24F5N5O4S. The number of pyridine rings is 1. The summed E-state index contributed by atoms with van der Waals surface area (Å²) in [5.74, 6) is -5.11. The Bertz CT molecular complexity index is 1190. The normalized spacial score (nSPS) is 23.4. The van der Waals surface area contributed by atoms with E-state index in [1.165, 1.54) is 6.92 Å². The molecule has 0 unspecified atom stereocenters.